The Balaban J connectivity index is 2.10. The summed E-state index contributed by atoms with van der Waals surface area (Å²) in [5.74, 6) is 1.50. The summed E-state index contributed by atoms with van der Waals surface area (Å²) in [6.07, 6.45) is 6.85. The summed E-state index contributed by atoms with van der Waals surface area (Å²) in [6.45, 7) is 2.83. The van der Waals surface area contributed by atoms with Crippen LogP contribution in [0.5, 0.6) is 0 Å². The first-order valence-electron chi connectivity index (χ1n) is 4.84. The van der Waals surface area contributed by atoms with E-state index < -0.39 is 0 Å². The molecule has 1 N–H and O–H groups in total. The summed E-state index contributed by atoms with van der Waals surface area (Å²) in [5, 5.41) is 9.13. The minimum Gasteiger partial charge on any atom is -0.396 e. The zero-order valence-electron chi connectivity index (χ0n) is 7.34. The van der Waals surface area contributed by atoms with Gasteiger partial charge in [0.15, 0.2) is 0 Å². The van der Waals surface area contributed by atoms with Crippen molar-refractivity contribution in [3.05, 3.63) is 0 Å². The first kappa shape index (κ1) is 7.60. The van der Waals surface area contributed by atoms with Crippen LogP contribution in [-0.2, 0) is 0 Å². The Labute approximate surface area is 68.8 Å². The van der Waals surface area contributed by atoms with Crippen LogP contribution in [-0.4, -0.2) is 11.7 Å². The Kier molecular flexibility index (Phi) is 1.71. The van der Waals surface area contributed by atoms with Crippen LogP contribution in [0.15, 0.2) is 0 Å². The zero-order chi connectivity index (χ0) is 7.90. The van der Waals surface area contributed by atoms with Crippen molar-refractivity contribution >= 4 is 0 Å². The fourth-order valence-electron chi connectivity index (χ4n) is 3.23. The lowest BCUT2D eigenvalue weighted by Gasteiger charge is -2.28. The van der Waals surface area contributed by atoms with Crippen molar-refractivity contribution in [1.29, 1.82) is 0 Å². The number of hydrogen-bond acceptors (Lipinski definition) is 1. The van der Waals surface area contributed by atoms with Gasteiger partial charge in [-0.05, 0) is 36.5 Å². The van der Waals surface area contributed by atoms with Crippen LogP contribution in [0.1, 0.15) is 39.0 Å². The van der Waals surface area contributed by atoms with Crippen molar-refractivity contribution in [3.63, 3.8) is 0 Å². The summed E-state index contributed by atoms with van der Waals surface area (Å²) < 4.78 is 0. The van der Waals surface area contributed by atoms with Crippen LogP contribution in [0.2, 0.25) is 0 Å². The van der Waals surface area contributed by atoms with E-state index in [0.717, 1.165) is 5.92 Å². The molecular weight excluding hydrogens is 136 g/mol. The molecule has 3 atom stereocenters. The molecule has 64 valence electrons. The predicted octanol–water partition coefficient (Wildman–Crippen LogP) is 2.20. The quantitative estimate of drug-likeness (QED) is 0.614. The van der Waals surface area contributed by atoms with Gasteiger partial charge in [-0.15, -0.1) is 0 Å². The Morgan fingerprint density at radius 3 is 2.91 bits per heavy atom. The van der Waals surface area contributed by atoms with Gasteiger partial charge in [-0.2, -0.15) is 0 Å². The van der Waals surface area contributed by atoms with E-state index in [1.165, 1.54) is 32.1 Å². The van der Waals surface area contributed by atoms with Gasteiger partial charge >= 0.3 is 0 Å². The SMILES string of the molecule is C[C@@]12CCC[C@@H](C1)[C@H](CO)C2. The van der Waals surface area contributed by atoms with E-state index in [2.05, 4.69) is 6.92 Å². The third-order valence-electron chi connectivity index (χ3n) is 3.77. The molecule has 2 aliphatic rings. The number of aliphatic hydroxyl groups is 1. The van der Waals surface area contributed by atoms with Crippen LogP contribution in [0.3, 0.4) is 0 Å². The van der Waals surface area contributed by atoms with Crippen molar-refractivity contribution in [3.8, 4) is 0 Å². The Morgan fingerprint density at radius 2 is 2.27 bits per heavy atom. The Bertz CT molecular complexity index is 155. The van der Waals surface area contributed by atoms with Gasteiger partial charge in [0.2, 0.25) is 0 Å². The molecule has 0 aliphatic heterocycles. The first-order chi connectivity index (χ1) is 5.23. The average Bonchev–Trinajstić information content (AvgIpc) is 2.21. The summed E-state index contributed by atoms with van der Waals surface area (Å²) in [4.78, 5) is 0. The van der Waals surface area contributed by atoms with Crippen LogP contribution in [0.25, 0.3) is 0 Å². The normalized spacial score (nSPS) is 49.6. The monoisotopic (exact) mass is 154 g/mol. The van der Waals surface area contributed by atoms with Gasteiger partial charge in [-0.1, -0.05) is 19.8 Å². The lowest BCUT2D eigenvalue weighted by Crippen LogP contribution is -2.16. The summed E-state index contributed by atoms with van der Waals surface area (Å²) in [6, 6.07) is 0. The molecule has 0 amide bonds. The average molecular weight is 154 g/mol. The molecular formula is C10H18O. The topological polar surface area (TPSA) is 20.2 Å². The van der Waals surface area contributed by atoms with E-state index >= 15 is 0 Å². The molecule has 2 bridgehead atoms. The highest BCUT2D eigenvalue weighted by Gasteiger charge is 2.43. The highest BCUT2D eigenvalue weighted by molar-refractivity contribution is 4.94. The Morgan fingerprint density at radius 1 is 1.45 bits per heavy atom. The first-order valence-corrected chi connectivity index (χ1v) is 4.84. The number of hydrogen-bond donors (Lipinski definition) is 1. The van der Waals surface area contributed by atoms with Crippen molar-refractivity contribution in [2.24, 2.45) is 17.3 Å². The summed E-state index contributed by atoms with van der Waals surface area (Å²) in [7, 11) is 0. The van der Waals surface area contributed by atoms with Gasteiger partial charge in [0.1, 0.15) is 0 Å². The maximum atomic E-state index is 9.13. The number of rotatable bonds is 1. The number of fused-ring (bicyclic) bond motifs is 2. The Hall–Kier alpha value is -0.0400. The fourth-order valence-corrected chi connectivity index (χ4v) is 3.23. The molecule has 0 spiro atoms. The van der Waals surface area contributed by atoms with E-state index in [0.29, 0.717) is 17.9 Å². The van der Waals surface area contributed by atoms with Crippen molar-refractivity contribution in [2.45, 2.75) is 39.0 Å². The van der Waals surface area contributed by atoms with Gasteiger partial charge in [0.25, 0.3) is 0 Å². The fraction of sp³-hybridized carbons (Fsp3) is 1.00. The second-order valence-corrected chi connectivity index (χ2v) is 4.81. The summed E-state index contributed by atoms with van der Waals surface area (Å²) >= 11 is 0. The molecule has 0 heterocycles. The minimum absolute atomic E-state index is 0.431. The molecule has 0 radical (unpaired) electrons. The van der Waals surface area contributed by atoms with Gasteiger partial charge in [-0.3, -0.25) is 0 Å². The second-order valence-electron chi connectivity index (χ2n) is 4.81. The maximum absolute atomic E-state index is 9.13. The third kappa shape index (κ3) is 1.20. The molecule has 0 aromatic heterocycles. The van der Waals surface area contributed by atoms with E-state index in [4.69, 9.17) is 5.11 Å². The van der Waals surface area contributed by atoms with Crippen molar-refractivity contribution in [2.75, 3.05) is 6.61 Å². The second kappa shape index (κ2) is 2.48. The maximum Gasteiger partial charge on any atom is 0.0462 e. The molecule has 2 fully saturated rings. The molecule has 2 saturated carbocycles. The van der Waals surface area contributed by atoms with Crippen LogP contribution in [0, 0.1) is 17.3 Å². The van der Waals surface area contributed by atoms with Gasteiger partial charge in [-0.25, -0.2) is 0 Å². The third-order valence-corrected chi connectivity index (χ3v) is 3.77. The standard InChI is InChI=1S/C10H18O/c1-10-4-2-3-8(5-10)9(6-10)7-11/h8-9,11H,2-7H2,1H3/t8-,9-,10+/m0/s1. The molecule has 11 heavy (non-hydrogen) atoms. The molecule has 0 aromatic rings. The minimum atomic E-state index is 0.431. The predicted molar refractivity (Wildman–Crippen MR) is 45.3 cm³/mol. The molecule has 1 nitrogen and oxygen atoms in total. The van der Waals surface area contributed by atoms with Crippen molar-refractivity contribution in [1.82, 2.24) is 0 Å². The molecule has 2 aliphatic carbocycles. The zero-order valence-corrected chi connectivity index (χ0v) is 7.34. The van der Waals surface area contributed by atoms with Gasteiger partial charge < -0.3 is 5.11 Å². The van der Waals surface area contributed by atoms with Crippen LogP contribution < -0.4 is 0 Å². The lowest BCUT2D eigenvalue weighted by atomic mass is 9.77. The largest absolute Gasteiger partial charge is 0.396 e. The van der Waals surface area contributed by atoms with Gasteiger partial charge in [0, 0.05) is 6.61 Å². The van der Waals surface area contributed by atoms with Gasteiger partial charge in [0.05, 0.1) is 0 Å². The highest BCUT2D eigenvalue weighted by atomic mass is 16.3. The van der Waals surface area contributed by atoms with E-state index in [1.54, 1.807) is 0 Å². The molecule has 2 rings (SSSR count). The molecule has 1 heteroatoms. The molecule has 0 saturated heterocycles. The smallest absolute Gasteiger partial charge is 0.0462 e. The lowest BCUT2D eigenvalue weighted by molar-refractivity contribution is 0.190. The van der Waals surface area contributed by atoms with E-state index in [-0.39, 0.29) is 0 Å². The number of aliphatic hydroxyl groups excluding tert-OH is 1. The van der Waals surface area contributed by atoms with E-state index in [9.17, 15) is 0 Å². The summed E-state index contributed by atoms with van der Waals surface area (Å²) in [5.41, 5.74) is 0.607. The highest BCUT2D eigenvalue weighted by Crippen LogP contribution is 2.53. The van der Waals surface area contributed by atoms with Crippen LogP contribution >= 0.6 is 0 Å². The molecule has 0 aromatic carbocycles. The molecule has 0 unspecified atom stereocenters. The van der Waals surface area contributed by atoms with E-state index in [1.807, 2.05) is 0 Å². The van der Waals surface area contributed by atoms with Crippen molar-refractivity contribution < 1.29 is 5.11 Å². The van der Waals surface area contributed by atoms with Crippen LogP contribution in [0.4, 0.5) is 0 Å².